The zero-order chi connectivity index (χ0) is 13.9. The monoisotopic (exact) mass is 267 g/mol. The third kappa shape index (κ3) is 3.68. The van der Waals surface area contributed by atoms with Gasteiger partial charge in [-0.05, 0) is 46.5 Å². The van der Waals surface area contributed by atoms with Crippen LogP contribution in [0.25, 0.3) is 0 Å². The molecule has 2 aliphatic rings. The highest BCUT2D eigenvalue weighted by molar-refractivity contribution is 4.94. The Labute approximate surface area is 117 Å². The van der Waals surface area contributed by atoms with Gasteiger partial charge in [0, 0.05) is 6.61 Å². The molecule has 2 rings (SSSR count). The molecule has 4 heteroatoms. The van der Waals surface area contributed by atoms with E-state index in [1.807, 2.05) is 0 Å². The molecule has 0 bridgehead atoms. The summed E-state index contributed by atoms with van der Waals surface area (Å²) in [6, 6.07) is 0.814. The van der Waals surface area contributed by atoms with Gasteiger partial charge < -0.3 is 4.74 Å². The Morgan fingerprint density at radius 2 is 1.95 bits per heavy atom. The highest BCUT2D eigenvalue weighted by Crippen LogP contribution is 2.34. The lowest BCUT2D eigenvalue weighted by atomic mass is 9.89. The Hall–Kier alpha value is -0.640. The fourth-order valence-electron chi connectivity index (χ4n) is 3.13. The molecule has 0 aromatic rings. The van der Waals surface area contributed by atoms with Gasteiger partial charge in [-0.1, -0.05) is 25.0 Å². The molecule has 0 radical (unpaired) electrons. The van der Waals surface area contributed by atoms with Crippen LogP contribution in [0.5, 0.6) is 0 Å². The lowest BCUT2D eigenvalue weighted by molar-refractivity contribution is 0.0182. The van der Waals surface area contributed by atoms with E-state index in [2.05, 4.69) is 43.0 Å². The molecule has 19 heavy (non-hydrogen) atoms. The van der Waals surface area contributed by atoms with E-state index in [0.717, 1.165) is 19.4 Å². The van der Waals surface area contributed by atoms with Crippen molar-refractivity contribution >= 4 is 0 Å². The van der Waals surface area contributed by atoms with Crippen molar-refractivity contribution in [3.63, 3.8) is 0 Å². The summed E-state index contributed by atoms with van der Waals surface area (Å²) in [7, 11) is 0. The quantitative estimate of drug-likeness (QED) is 0.776. The van der Waals surface area contributed by atoms with Crippen molar-refractivity contribution in [2.45, 2.75) is 89.9 Å². The first-order valence-corrected chi connectivity index (χ1v) is 7.84. The molecular formula is C15H29N3O. The van der Waals surface area contributed by atoms with Gasteiger partial charge in [0.2, 0.25) is 0 Å². The molecule has 110 valence electrons. The van der Waals surface area contributed by atoms with Crippen molar-refractivity contribution in [3.8, 4) is 0 Å². The van der Waals surface area contributed by atoms with E-state index < -0.39 is 0 Å². The standard InChI is InChI=1S/C15H29N3O/c1-5-10-19-12-8-6-7-9-14-13(11-12)16-17-18(14)15(2,3)4/h12-14H,5-11H2,1-4H3. The number of nitrogens with zero attached hydrogens (tertiary/aromatic N) is 3. The summed E-state index contributed by atoms with van der Waals surface area (Å²) in [5, 5.41) is 11.2. The smallest absolute Gasteiger partial charge is 0.0974 e. The van der Waals surface area contributed by atoms with Gasteiger partial charge in [0.25, 0.3) is 0 Å². The summed E-state index contributed by atoms with van der Waals surface area (Å²) < 4.78 is 5.98. The van der Waals surface area contributed by atoms with Crippen LogP contribution in [0.4, 0.5) is 0 Å². The van der Waals surface area contributed by atoms with Crippen molar-refractivity contribution < 1.29 is 4.74 Å². The average molecular weight is 267 g/mol. The second kappa shape index (κ2) is 6.21. The molecule has 0 N–H and O–H groups in total. The largest absolute Gasteiger partial charge is 0.378 e. The van der Waals surface area contributed by atoms with Gasteiger partial charge in [0.1, 0.15) is 0 Å². The van der Waals surface area contributed by atoms with E-state index in [-0.39, 0.29) is 5.54 Å². The third-order valence-electron chi connectivity index (χ3n) is 4.08. The number of hydrogen-bond donors (Lipinski definition) is 0. The first kappa shape index (κ1) is 14.8. The SMILES string of the molecule is CCCOC1CCCCC2C(C1)N=NN2C(C)(C)C. The minimum Gasteiger partial charge on any atom is -0.378 e. The summed E-state index contributed by atoms with van der Waals surface area (Å²) in [4.78, 5) is 0. The summed E-state index contributed by atoms with van der Waals surface area (Å²) in [6.07, 6.45) is 7.47. The fourth-order valence-corrected chi connectivity index (χ4v) is 3.13. The molecule has 1 aliphatic carbocycles. The summed E-state index contributed by atoms with van der Waals surface area (Å²) >= 11 is 0. The average Bonchev–Trinajstić information content (AvgIpc) is 2.69. The molecule has 0 amide bonds. The van der Waals surface area contributed by atoms with E-state index in [9.17, 15) is 0 Å². The van der Waals surface area contributed by atoms with Crippen LogP contribution in [0.15, 0.2) is 10.3 Å². The maximum absolute atomic E-state index is 5.98. The maximum atomic E-state index is 5.98. The highest BCUT2D eigenvalue weighted by Gasteiger charge is 2.39. The molecule has 4 nitrogen and oxygen atoms in total. The summed E-state index contributed by atoms with van der Waals surface area (Å²) in [5.41, 5.74) is 0.0713. The number of rotatable bonds is 3. The van der Waals surface area contributed by atoms with Gasteiger partial charge in [0.05, 0.1) is 23.7 Å². The van der Waals surface area contributed by atoms with Crippen LogP contribution in [0.3, 0.4) is 0 Å². The molecule has 1 fully saturated rings. The maximum Gasteiger partial charge on any atom is 0.0974 e. The van der Waals surface area contributed by atoms with Gasteiger partial charge in [0.15, 0.2) is 0 Å². The Morgan fingerprint density at radius 3 is 2.63 bits per heavy atom. The van der Waals surface area contributed by atoms with Gasteiger partial charge in [-0.15, -0.1) is 0 Å². The van der Waals surface area contributed by atoms with Gasteiger partial charge in [-0.25, -0.2) is 0 Å². The second-order valence-electron chi connectivity index (χ2n) is 6.87. The lowest BCUT2D eigenvalue weighted by Gasteiger charge is -2.37. The van der Waals surface area contributed by atoms with Crippen LogP contribution in [0.2, 0.25) is 0 Å². The molecule has 3 unspecified atom stereocenters. The Bertz CT molecular complexity index is 309. The van der Waals surface area contributed by atoms with E-state index in [4.69, 9.17) is 4.74 Å². The molecule has 3 atom stereocenters. The zero-order valence-corrected chi connectivity index (χ0v) is 12.9. The summed E-state index contributed by atoms with van der Waals surface area (Å²) in [5.74, 6) is 0. The summed E-state index contributed by atoms with van der Waals surface area (Å²) in [6.45, 7) is 9.71. The molecular weight excluding hydrogens is 238 g/mol. The molecule has 1 aliphatic heterocycles. The van der Waals surface area contributed by atoms with Gasteiger partial charge in [-0.2, -0.15) is 5.11 Å². The Kier molecular flexibility index (Phi) is 4.82. The van der Waals surface area contributed by atoms with Crippen LogP contribution >= 0.6 is 0 Å². The minimum absolute atomic E-state index is 0.0713. The zero-order valence-electron chi connectivity index (χ0n) is 12.9. The molecule has 1 saturated carbocycles. The minimum atomic E-state index is 0.0713. The topological polar surface area (TPSA) is 37.2 Å². The molecule has 0 aromatic heterocycles. The Morgan fingerprint density at radius 1 is 1.21 bits per heavy atom. The van der Waals surface area contributed by atoms with E-state index in [1.165, 1.54) is 25.7 Å². The molecule has 0 aromatic carbocycles. The van der Waals surface area contributed by atoms with Crippen LogP contribution in [0.1, 0.15) is 66.2 Å². The van der Waals surface area contributed by atoms with Gasteiger partial charge in [-0.3, -0.25) is 5.01 Å². The fraction of sp³-hybridized carbons (Fsp3) is 1.00. The number of fused-ring (bicyclic) bond motifs is 1. The van der Waals surface area contributed by atoms with E-state index in [0.29, 0.717) is 18.2 Å². The van der Waals surface area contributed by atoms with Crippen molar-refractivity contribution in [3.05, 3.63) is 0 Å². The van der Waals surface area contributed by atoms with Crippen LogP contribution in [0, 0.1) is 0 Å². The van der Waals surface area contributed by atoms with E-state index >= 15 is 0 Å². The van der Waals surface area contributed by atoms with Crippen LogP contribution in [-0.2, 0) is 4.74 Å². The van der Waals surface area contributed by atoms with Crippen LogP contribution < -0.4 is 0 Å². The van der Waals surface area contributed by atoms with Gasteiger partial charge >= 0.3 is 0 Å². The predicted octanol–water partition coefficient (Wildman–Crippen LogP) is 3.96. The number of ether oxygens (including phenoxy) is 1. The van der Waals surface area contributed by atoms with Crippen molar-refractivity contribution in [2.75, 3.05) is 6.61 Å². The van der Waals surface area contributed by atoms with Crippen molar-refractivity contribution in [1.29, 1.82) is 0 Å². The molecule has 1 heterocycles. The lowest BCUT2D eigenvalue weighted by Crippen LogP contribution is -2.47. The van der Waals surface area contributed by atoms with Crippen molar-refractivity contribution in [2.24, 2.45) is 10.3 Å². The Balaban J connectivity index is 2.00. The predicted molar refractivity (Wildman–Crippen MR) is 77.1 cm³/mol. The second-order valence-corrected chi connectivity index (χ2v) is 6.87. The van der Waals surface area contributed by atoms with E-state index in [1.54, 1.807) is 0 Å². The third-order valence-corrected chi connectivity index (χ3v) is 4.08. The highest BCUT2D eigenvalue weighted by atomic mass is 16.5. The van der Waals surface area contributed by atoms with Crippen molar-refractivity contribution in [1.82, 2.24) is 5.01 Å². The first-order valence-electron chi connectivity index (χ1n) is 7.84. The molecule has 0 saturated heterocycles. The normalized spacial score (nSPS) is 32.0. The molecule has 0 spiro atoms. The number of hydrogen-bond acceptors (Lipinski definition) is 4. The first-order chi connectivity index (χ1) is 9.02. The van der Waals surface area contributed by atoms with Crippen LogP contribution in [-0.4, -0.2) is 35.3 Å².